The monoisotopic (exact) mass is 290 g/mol. The number of nitrogen functional groups attached to an aromatic ring is 1. The summed E-state index contributed by atoms with van der Waals surface area (Å²) in [5.41, 5.74) is 11.0. The smallest absolute Gasteiger partial charge is 0.0407 e. The van der Waals surface area contributed by atoms with Crippen molar-refractivity contribution in [3.05, 3.63) is 52.0 Å². The molecule has 0 aromatic heterocycles. The molecule has 0 unspecified atom stereocenters. The molecule has 88 valence electrons. The highest BCUT2D eigenvalue weighted by molar-refractivity contribution is 9.10. The summed E-state index contributed by atoms with van der Waals surface area (Å²) in [6.07, 6.45) is 0. The molecule has 2 aromatic carbocycles. The van der Waals surface area contributed by atoms with Crippen LogP contribution >= 0.6 is 15.9 Å². The number of rotatable bonds is 2. The molecule has 0 heterocycles. The molecule has 0 aliphatic rings. The van der Waals surface area contributed by atoms with Gasteiger partial charge in [-0.3, -0.25) is 0 Å². The fourth-order valence-electron chi connectivity index (χ4n) is 1.77. The van der Waals surface area contributed by atoms with Gasteiger partial charge in [0.25, 0.3) is 0 Å². The van der Waals surface area contributed by atoms with Gasteiger partial charge in [0.1, 0.15) is 0 Å². The summed E-state index contributed by atoms with van der Waals surface area (Å²) in [5, 5.41) is 3.35. The summed E-state index contributed by atoms with van der Waals surface area (Å²) in [6, 6.07) is 12.1. The van der Waals surface area contributed by atoms with Gasteiger partial charge in [-0.2, -0.15) is 0 Å². The van der Waals surface area contributed by atoms with Crippen LogP contribution in [0.3, 0.4) is 0 Å². The van der Waals surface area contributed by atoms with Crippen molar-refractivity contribution in [2.75, 3.05) is 11.1 Å². The summed E-state index contributed by atoms with van der Waals surface area (Å²) < 4.78 is 1.12. The Morgan fingerprint density at radius 2 is 1.76 bits per heavy atom. The van der Waals surface area contributed by atoms with Crippen LogP contribution in [0.2, 0.25) is 0 Å². The van der Waals surface area contributed by atoms with Crippen molar-refractivity contribution in [2.24, 2.45) is 0 Å². The Bertz CT molecular complexity index is 530. The van der Waals surface area contributed by atoms with Crippen molar-refractivity contribution < 1.29 is 0 Å². The number of benzene rings is 2. The van der Waals surface area contributed by atoms with Gasteiger partial charge in [-0.25, -0.2) is 0 Å². The van der Waals surface area contributed by atoms with Crippen LogP contribution in [0.5, 0.6) is 0 Å². The zero-order valence-electron chi connectivity index (χ0n) is 9.92. The lowest BCUT2D eigenvalue weighted by atomic mass is 10.1. The van der Waals surface area contributed by atoms with E-state index in [2.05, 4.69) is 40.3 Å². The number of nitrogens with one attached hydrogen (secondary N) is 1. The van der Waals surface area contributed by atoms with E-state index in [1.807, 2.05) is 31.2 Å². The van der Waals surface area contributed by atoms with Crippen LogP contribution in [-0.4, -0.2) is 0 Å². The van der Waals surface area contributed by atoms with Gasteiger partial charge in [-0.1, -0.05) is 15.9 Å². The molecule has 2 aromatic rings. The largest absolute Gasteiger partial charge is 0.399 e. The minimum absolute atomic E-state index is 0.779. The molecule has 0 spiro atoms. The molecule has 0 aliphatic heterocycles. The van der Waals surface area contributed by atoms with Crippen molar-refractivity contribution in [3.63, 3.8) is 0 Å². The third kappa shape index (κ3) is 3.01. The minimum atomic E-state index is 0.779. The van der Waals surface area contributed by atoms with Crippen molar-refractivity contribution in [1.82, 2.24) is 0 Å². The number of nitrogens with two attached hydrogens (primary N) is 1. The van der Waals surface area contributed by atoms with Gasteiger partial charge in [-0.05, 0) is 61.4 Å². The second-order valence-electron chi connectivity index (χ2n) is 4.22. The predicted octanol–water partition coefficient (Wildman–Crippen LogP) is 4.39. The third-order valence-corrected chi connectivity index (χ3v) is 3.44. The molecular weight excluding hydrogens is 276 g/mol. The van der Waals surface area contributed by atoms with E-state index in [0.717, 1.165) is 27.1 Å². The molecule has 0 saturated carbocycles. The van der Waals surface area contributed by atoms with Crippen molar-refractivity contribution in [1.29, 1.82) is 0 Å². The van der Waals surface area contributed by atoms with Gasteiger partial charge in [-0.15, -0.1) is 0 Å². The van der Waals surface area contributed by atoms with Gasteiger partial charge in [0.2, 0.25) is 0 Å². The van der Waals surface area contributed by atoms with E-state index in [1.165, 1.54) is 5.56 Å². The molecule has 0 saturated heterocycles. The van der Waals surface area contributed by atoms with E-state index in [4.69, 9.17) is 5.73 Å². The van der Waals surface area contributed by atoms with Crippen molar-refractivity contribution in [2.45, 2.75) is 13.8 Å². The highest BCUT2D eigenvalue weighted by Crippen LogP contribution is 2.24. The van der Waals surface area contributed by atoms with Gasteiger partial charge in [0.15, 0.2) is 0 Å². The van der Waals surface area contributed by atoms with Crippen LogP contribution in [0.1, 0.15) is 11.1 Å². The second-order valence-corrected chi connectivity index (χ2v) is 5.08. The second kappa shape index (κ2) is 4.80. The van der Waals surface area contributed by atoms with Crippen LogP contribution in [0.4, 0.5) is 17.1 Å². The first-order chi connectivity index (χ1) is 8.04. The fraction of sp³-hybridized carbons (Fsp3) is 0.143. The molecule has 3 heteroatoms. The molecule has 2 nitrogen and oxygen atoms in total. The van der Waals surface area contributed by atoms with Gasteiger partial charge in [0.05, 0.1) is 0 Å². The number of aryl methyl sites for hydroxylation is 2. The maximum atomic E-state index is 5.82. The Kier molecular flexibility index (Phi) is 3.38. The maximum absolute atomic E-state index is 5.82. The SMILES string of the molecule is Cc1cc(N)cc(Nc2ccc(Br)c(C)c2)c1. The van der Waals surface area contributed by atoms with E-state index in [0.29, 0.717) is 0 Å². The molecule has 2 rings (SSSR count). The van der Waals surface area contributed by atoms with Crippen molar-refractivity contribution in [3.8, 4) is 0 Å². The molecule has 0 aliphatic carbocycles. The lowest BCUT2D eigenvalue weighted by Crippen LogP contribution is -1.94. The summed E-state index contributed by atoms with van der Waals surface area (Å²) in [4.78, 5) is 0. The Labute approximate surface area is 110 Å². The molecular formula is C14H15BrN2. The average Bonchev–Trinajstić information content (AvgIpc) is 2.22. The Morgan fingerprint density at radius 1 is 1.00 bits per heavy atom. The summed E-state index contributed by atoms with van der Waals surface area (Å²) in [6.45, 7) is 4.11. The lowest BCUT2D eigenvalue weighted by molar-refractivity contribution is 1.40. The Morgan fingerprint density at radius 3 is 2.41 bits per heavy atom. The molecule has 17 heavy (non-hydrogen) atoms. The maximum Gasteiger partial charge on any atom is 0.0407 e. The molecule has 3 N–H and O–H groups in total. The highest BCUT2D eigenvalue weighted by atomic mass is 79.9. The number of anilines is 3. The standard InChI is InChI=1S/C14H15BrN2/c1-9-5-11(16)8-13(6-9)17-12-3-4-14(15)10(2)7-12/h3-8,17H,16H2,1-2H3. The van der Waals surface area contributed by atoms with Gasteiger partial charge in [0, 0.05) is 21.5 Å². The van der Waals surface area contributed by atoms with E-state index < -0.39 is 0 Å². The summed E-state index contributed by atoms with van der Waals surface area (Å²) in [7, 11) is 0. The number of hydrogen-bond acceptors (Lipinski definition) is 2. The van der Waals surface area contributed by atoms with E-state index in [9.17, 15) is 0 Å². The average molecular weight is 291 g/mol. The Balaban J connectivity index is 2.28. The normalized spacial score (nSPS) is 10.3. The van der Waals surface area contributed by atoms with Crippen LogP contribution in [0.15, 0.2) is 40.9 Å². The minimum Gasteiger partial charge on any atom is -0.399 e. The van der Waals surface area contributed by atoms with Crippen molar-refractivity contribution >= 4 is 33.0 Å². The highest BCUT2D eigenvalue weighted by Gasteiger charge is 1.99. The van der Waals surface area contributed by atoms with E-state index in [-0.39, 0.29) is 0 Å². The van der Waals surface area contributed by atoms with Crippen LogP contribution in [0.25, 0.3) is 0 Å². The van der Waals surface area contributed by atoms with E-state index >= 15 is 0 Å². The number of halogens is 1. The topological polar surface area (TPSA) is 38.0 Å². The molecule has 0 amide bonds. The fourth-order valence-corrected chi connectivity index (χ4v) is 2.02. The zero-order chi connectivity index (χ0) is 12.4. The third-order valence-electron chi connectivity index (χ3n) is 2.55. The summed E-state index contributed by atoms with van der Waals surface area (Å²) in [5.74, 6) is 0. The van der Waals surface area contributed by atoms with Gasteiger partial charge < -0.3 is 11.1 Å². The Hall–Kier alpha value is -1.48. The molecule has 0 atom stereocenters. The first kappa shape index (κ1) is 12.0. The van der Waals surface area contributed by atoms with Crippen LogP contribution in [-0.2, 0) is 0 Å². The molecule has 0 radical (unpaired) electrons. The summed E-state index contributed by atoms with van der Waals surface area (Å²) >= 11 is 3.49. The predicted molar refractivity (Wildman–Crippen MR) is 77.8 cm³/mol. The quantitative estimate of drug-likeness (QED) is 0.805. The lowest BCUT2D eigenvalue weighted by Gasteiger charge is -2.10. The van der Waals surface area contributed by atoms with Gasteiger partial charge >= 0.3 is 0 Å². The van der Waals surface area contributed by atoms with E-state index in [1.54, 1.807) is 0 Å². The zero-order valence-corrected chi connectivity index (χ0v) is 11.5. The van der Waals surface area contributed by atoms with Crippen LogP contribution in [0, 0.1) is 13.8 Å². The molecule has 0 bridgehead atoms. The van der Waals surface area contributed by atoms with Crippen LogP contribution < -0.4 is 11.1 Å². The first-order valence-electron chi connectivity index (χ1n) is 5.45. The number of hydrogen-bond donors (Lipinski definition) is 2. The molecule has 0 fully saturated rings. The first-order valence-corrected chi connectivity index (χ1v) is 6.24.